The van der Waals surface area contributed by atoms with Crippen molar-refractivity contribution >= 4 is 34.2 Å². The lowest BCUT2D eigenvalue weighted by Gasteiger charge is -2.10. The van der Waals surface area contributed by atoms with E-state index in [2.05, 4.69) is 4.98 Å². The molecule has 0 amide bonds. The largest absolute Gasteiger partial charge is 0.264 e. The summed E-state index contributed by atoms with van der Waals surface area (Å²) in [5.74, 6) is 0.0353. The Kier molecular flexibility index (Phi) is 4.67. The van der Waals surface area contributed by atoms with Gasteiger partial charge in [-0.2, -0.15) is 5.26 Å². The molecule has 0 aliphatic heterocycles. The van der Waals surface area contributed by atoms with Crippen LogP contribution in [0.3, 0.4) is 0 Å². The van der Waals surface area contributed by atoms with Crippen molar-refractivity contribution in [1.29, 1.82) is 5.26 Å². The van der Waals surface area contributed by atoms with Crippen molar-refractivity contribution in [3.8, 4) is 6.07 Å². The zero-order chi connectivity index (χ0) is 11.4. The van der Waals surface area contributed by atoms with Gasteiger partial charge in [0.15, 0.2) is 0 Å². The average molecular weight is 343 g/mol. The van der Waals surface area contributed by atoms with Gasteiger partial charge in [-0.15, -0.1) is 11.6 Å². The molecular weight excluding hydrogens is 336 g/mol. The van der Waals surface area contributed by atoms with Crippen LogP contribution in [0, 0.1) is 15.0 Å². The minimum Gasteiger partial charge on any atom is -0.245 e. The van der Waals surface area contributed by atoms with Crippen LogP contribution in [-0.2, 0) is 12.3 Å². The van der Waals surface area contributed by atoms with Gasteiger partial charge in [0.05, 0.1) is 24.1 Å². The van der Waals surface area contributed by atoms with E-state index in [1.807, 2.05) is 28.7 Å². The summed E-state index contributed by atoms with van der Waals surface area (Å²) in [6.07, 6.45) is -2.70. The lowest BCUT2D eigenvalue weighted by atomic mass is 10.0. The first kappa shape index (κ1) is 12.6. The minimum absolute atomic E-state index is 0.0353. The summed E-state index contributed by atoms with van der Waals surface area (Å²) >= 11 is 7.44. The first-order valence-corrected chi connectivity index (χ1v) is 5.60. The number of hydrogen-bond acceptors (Lipinski definition) is 2. The van der Waals surface area contributed by atoms with Gasteiger partial charge in [0.1, 0.15) is 3.70 Å². The second-order valence-corrected chi connectivity index (χ2v) is 4.10. The Morgan fingerprint density at radius 3 is 2.73 bits per heavy atom. The second-order valence-electron chi connectivity index (χ2n) is 2.73. The number of alkyl halides is 3. The molecule has 0 aliphatic carbocycles. The molecule has 0 N–H and O–H groups in total. The van der Waals surface area contributed by atoms with Crippen LogP contribution in [0.25, 0.3) is 0 Å². The van der Waals surface area contributed by atoms with Gasteiger partial charge in [0.2, 0.25) is 0 Å². The van der Waals surface area contributed by atoms with E-state index in [0.29, 0.717) is 9.39 Å². The van der Waals surface area contributed by atoms with Crippen molar-refractivity contribution in [1.82, 2.24) is 4.98 Å². The SMILES string of the molecule is N#CCc1c(C(F)F)cc(I)nc1CCl. The van der Waals surface area contributed by atoms with Gasteiger partial charge in [-0.1, -0.05) is 0 Å². The molecule has 0 aliphatic rings. The first-order chi connectivity index (χ1) is 7.10. The smallest absolute Gasteiger partial charge is 0.245 e. The highest BCUT2D eigenvalue weighted by Gasteiger charge is 2.17. The number of halogens is 4. The normalized spacial score (nSPS) is 10.4. The molecule has 1 aromatic rings. The molecule has 0 unspecified atom stereocenters. The molecule has 0 aromatic carbocycles. The zero-order valence-corrected chi connectivity index (χ0v) is 10.4. The number of rotatable bonds is 3. The van der Waals surface area contributed by atoms with E-state index in [1.165, 1.54) is 6.07 Å². The number of aromatic nitrogens is 1. The van der Waals surface area contributed by atoms with Crippen LogP contribution in [0.4, 0.5) is 8.78 Å². The van der Waals surface area contributed by atoms with Crippen LogP contribution in [-0.4, -0.2) is 4.98 Å². The van der Waals surface area contributed by atoms with Crippen LogP contribution >= 0.6 is 34.2 Å². The summed E-state index contributed by atoms with van der Waals surface area (Å²) in [6, 6.07) is 3.12. The topological polar surface area (TPSA) is 36.7 Å². The third kappa shape index (κ3) is 2.98. The van der Waals surface area contributed by atoms with Gasteiger partial charge < -0.3 is 0 Å². The molecule has 2 nitrogen and oxygen atoms in total. The zero-order valence-electron chi connectivity index (χ0n) is 7.48. The molecule has 0 fully saturated rings. The number of pyridine rings is 1. The van der Waals surface area contributed by atoms with Gasteiger partial charge in [-0.05, 0) is 34.2 Å². The molecule has 0 atom stereocenters. The Morgan fingerprint density at radius 1 is 1.60 bits per heavy atom. The summed E-state index contributed by atoms with van der Waals surface area (Å²) in [6.45, 7) is 0. The number of nitrogens with zero attached hydrogens (tertiary/aromatic N) is 2. The lowest BCUT2D eigenvalue weighted by Crippen LogP contribution is -2.03. The third-order valence-corrected chi connectivity index (χ3v) is 2.64. The third-order valence-electron chi connectivity index (χ3n) is 1.83. The molecule has 0 radical (unpaired) electrons. The van der Waals surface area contributed by atoms with Crippen molar-refractivity contribution in [2.24, 2.45) is 0 Å². The number of hydrogen-bond donors (Lipinski definition) is 0. The quantitative estimate of drug-likeness (QED) is 0.479. The van der Waals surface area contributed by atoms with Gasteiger partial charge >= 0.3 is 0 Å². The molecule has 0 spiro atoms. The van der Waals surface area contributed by atoms with E-state index in [9.17, 15) is 8.78 Å². The van der Waals surface area contributed by atoms with E-state index in [-0.39, 0.29) is 23.4 Å². The van der Waals surface area contributed by atoms with Crippen molar-refractivity contribution < 1.29 is 8.78 Å². The molecule has 1 heterocycles. The highest BCUT2D eigenvalue weighted by molar-refractivity contribution is 14.1. The highest BCUT2D eigenvalue weighted by atomic mass is 127. The van der Waals surface area contributed by atoms with Gasteiger partial charge in [-0.3, -0.25) is 0 Å². The summed E-state index contributed by atoms with van der Waals surface area (Å²) in [5, 5.41) is 8.55. The van der Waals surface area contributed by atoms with Crippen molar-refractivity contribution in [2.75, 3.05) is 0 Å². The van der Waals surface area contributed by atoms with Crippen molar-refractivity contribution in [3.05, 3.63) is 26.6 Å². The summed E-state index contributed by atoms with van der Waals surface area (Å²) < 4.78 is 25.8. The maximum Gasteiger partial charge on any atom is 0.264 e. The van der Waals surface area contributed by atoms with Gasteiger partial charge in [0, 0.05) is 5.56 Å². The fourth-order valence-electron chi connectivity index (χ4n) is 1.20. The molecular formula is C9H6ClF2IN2. The molecule has 1 rings (SSSR count). The predicted molar refractivity (Wildman–Crippen MR) is 60.8 cm³/mol. The van der Waals surface area contributed by atoms with Crippen LogP contribution in [0.15, 0.2) is 6.07 Å². The van der Waals surface area contributed by atoms with E-state index in [0.717, 1.165) is 0 Å². The lowest BCUT2D eigenvalue weighted by molar-refractivity contribution is 0.150. The average Bonchev–Trinajstić information content (AvgIpc) is 2.19. The van der Waals surface area contributed by atoms with Crippen molar-refractivity contribution in [2.45, 2.75) is 18.7 Å². The molecule has 15 heavy (non-hydrogen) atoms. The standard InChI is InChI=1S/C9H6ClF2IN2/c10-4-7-5(1-2-14)6(9(11)12)3-8(13)15-7/h3,9H,1,4H2. The molecule has 80 valence electrons. The van der Waals surface area contributed by atoms with Crippen LogP contribution in [0.5, 0.6) is 0 Å². The van der Waals surface area contributed by atoms with Crippen LogP contribution in [0.2, 0.25) is 0 Å². The van der Waals surface area contributed by atoms with Crippen molar-refractivity contribution in [3.63, 3.8) is 0 Å². The van der Waals surface area contributed by atoms with E-state index in [4.69, 9.17) is 16.9 Å². The first-order valence-electron chi connectivity index (χ1n) is 3.99. The summed E-state index contributed by atoms with van der Waals surface area (Å²) in [4.78, 5) is 4.02. The van der Waals surface area contributed by atoms with Gasteiger partial charge in [-0.25, -0.2) is 13.8 Å². The highest BCUT2D eigenvalue weighted by Crippen LogP contribution is 2.27. The Labute approximate surface area is 104 Å². The van der Waals surface area contributed by atoms with Crippen LogP contribution in [0.1, 0.15) is 23.2 Å². The Balaban J connectivity index is 3.34. The van der Waals surface area contributed by atoms with E-state index < -0.39 is 6.43 Å². The summed E-state index contributed by atoms with van der Waals surface area (Å²) in [5.41, 5.74) is 0.468. The summed E-state index contributed by atoms with van der Waals surface area (Å²) in [7, 11) is 0. The van der Waals surface area contributed by atoms with Crippen LogP contribution < -0.4 is 0 Å². The Morgan fingerprint density at radius 2 is 2.27 bits per heavy atom. The number of nitriles is 1. The predicted octanol–water partition coefficient (Wildman–Crippen LogP) is 3.43. The molecule has 0 saturated carbocycles. The second kappa shape index (κ2) is 5.56. The fourth-order valence-corrected chi connectivity index (χ4v) is 2.05. The molecule has 6 heteroatoms. The Hall–Kier alpha value is -0.480. The fraction of sp³-hybridized carbons (Fsp3) is 0.333. The maximum absolute atomic E-state index is 12.7. The Bertz CT molecular complexity index is 404. The van der Waals surface area contributed by atoms with E-state index >= 15 is 0 Å². The monoisotopic (exact) mass is 342 g/mol. The maximum atomic E-state index is 12.7. The molecule has 0 saturated heterocycles. The molecule has 1 aromatic heterocycles. The van der Waals surface area contributed by atoms with Gasteiger partial charge in [0.25, 0.3) is 6.43 Å². The minimum atomic E-state index is -2.60. The molecule has 0 bridgehead atoms. The van der Waals surface area contributed by atoms with E-state index in [1.54, 1.807) is 0 Å².